The molecule has 1 heterocycles. The Morgan fingerprint density at radius 2 is 2.20 bits per heavy atom. The lowest BCUT2D eigenvalue weighted by molar-refractivity contribution is 0.0413. The summed E-state index contributed by atoms with van der Waals surface area (Å²) in [5, 5.41) is 0. The van der Waals surface area contributed by atoms with Gasteiger partial charge in [-0.1, -0.05) is 0 Å². The molecule has 56 valence electrons. The first-order valence-electron chi connectivity index (χ1n) is 3.19. The third kappa shape index (κ3) is 1.68. The SMILES string of the molecule is C#CC1CN(CC(F)F)C1. The van der Waals surface area contributed by atoms with Crippen molar-refractivity contribution in [1.82, 2.24) is 4.90 Å². The molecule has 0 aromatic heterocycles. The zero-order valence-electron chi connectivity index (χ0n) is 5.56. The average molecular weight is 145 g/mol. The molecule has 10 heavy (non-hydrogen) atoms. The van der Waals surface area contributed by atoms with Gasteiger partial charge in [-0.25, -0.2) is 8.78 Å². The first-order valence-corrected chi connectivity index (χ1v) is 3.19. The van der Waals surface area contributed by atoms with Gasteiger partial charge in [-0.15, -0.1) is 12.3 Å². The molecule has 0 unspecified atom stereocenters. The van der Waals surface area contributed by atoms with Gasteiger partial charge in [0.15, 0.2) is 0 Å². The van der Waals surface area contributed by atoms with E-state index in [1.54, 1.807) is 4.90 Å². The molecule has 0 saturated carbocycles. The van der Waals surface area contributed by atoms with Gasteiger partial charge in [0.05, 0.1) is 6.54 Å². The van der Waals surface area contributed by atoms with Crippen molar-refractivity contribution in [2.24, 2.45) is 5.92 Å². The maximum absolute atomic E-state index is 11.6. The molecule has 0 aromatic rings. The molecule has 0 aromatic carbocycles. The van der Waals surface area contributed by atoms with Gasteiger partial charge in [0.2, 0.25) is 0 Å². The topological polar surface area (TPSA) is 3.24 Å². The van der Waals surface area contributed by atoms with Crippen LogP contribution in [-0.2, 0) is 0 Å². The van der Waals surface area contributed by atoms with E-state index < -0.39 is 6.43 Å². The van der Waals surface area contributed by atoms with Crippen molar-refractivity contribution in [3.05, 3.63) is 0 Å². The summed E-state index contributed by atoms with van der Waals surface area (Å²) in [7, 11) is 0. The molecule has 0 radical (unpaired) electrons. The summed E-state index contributed by atoms with van der Waals surface area (Å²) in [4.78, 5) is 1.66. The Morgan fingerprint density at radius 3 is 2.60 bits per heavy atom. The molecule has 0 amide bonds. The molecule has 0 bridgehead atoms. The van der Waals surface area contributed by atoms with Gasteiger partial charge in [-0.2, -0.15) is 0 Å². The molecule has 1 saturated heterocycles. The normalized spacial score (nSPS) is 20.6. The van der Waals surface area contributed by atoms with E-state index >= 15 is 0 Å². The molecule has 1 aliphatic heterocycles. The zero-order chi connectivity index (χ0) is 7.56. The van der Waals surface area contributed by atoms with Crippen molar-refractivity contribution in [3.8, 4) is 12.3 Å². The fourth-order valence-electron chi connectivity index (χ4n) is 1.02. The minimum absolute atomic E-state index is 0.127. The second kappa shape index (κ2) is 2.98. The van der Waals surface area contributed by atoms with Crippen molar-refractivity contribution in [1.29, 1.82) is 0 Å². The van der Waals surface area contributed by atoms with Crippen molar-refractivity contribution in [3.63, 3.8) is 0 Å². The second-order valence-electron chi connectivity index (χ2n) is 2.47. The fourth-order valence-corrected chi connectivity index (χ4v) is 1.02. The van der Waals surface area contributed by atoms with Gasteiger partial charge in [0, 0.05) is 19.0 Å². The largest absolute Gasteiger partial charge is 0.295 e. The first kappa shape index (κ1) is 7.49. The van der Waals surface area contributed by atoms with Crippen molar-refractivity contribution < 1.29 is 8.78 Å². The molecule has 0 N–H and O–H groups in total. The lowest BCUT2D eigenvalue weighted by Crippen LogP contribution is -2.47. The molecule has 3 heteroatoms. The average Bonchev–Trinajstić information content (AvgIpc) is 1.76. The van der Waals surface area contributed by atoms with Crippen LogP contribution >= 0.6 is 0 Å². The minimum atomic E-state index is -2.22. The van der Waals surface area contributed by atoms with Crippen LogP contribution in [0.4, 0.5) is 8.78 Å². The van der Waals surface area contributed by atoms with E-state index in [0.29, 0.717) is 13.1 Å². The van der Waals surface area contributed by atoms with E-state index in [2.05, 4.69) is 5.92 Å². The van der Waals surface area contributed by atoms with Crippen LogP contribution in [0.3, 0.4) is 0 Å². The Hall–Kier alpha value is -0.620. The van der Waals surface area contributed by atoms with Crippen molar-refractivity contribution in [2.75, 3.05) is 19.6 Å². The summed E-state index contributed by atoms with van der Waals surface area (Å²) in [6, 6.07) is 0. The molecular weight excluding hydrogens is 136 g/mol. The number of alkyl halides is 2. The van der Waals surface area contributed by atoms with Crippen LogP contribution in [0.15, 0.2) is 0 Å². The van der Waals surface area contributed by atoms with Crippen LogP contribution < -0.4 is 0 Å². The van der Waals surface area contributed by atoms with E-state index in [-0.39, 0.29) is 12.5 Å². The molecule has 1 rings (SSSR count). The summed E-state index contributed by atoms with van der Waals surface area (Å²) < 4.78 is 23.3. The van der Waals surface area contributed by atoms with Gasteiger partial charge in [0.1, 0.15) is 0 Å². The summed E-state index contributed by atoms with van der Waals surface area (Å²) in [6.07, 6.45) is 2.84. The number of likely N-dealkylation sites (tertiary alicyclic amines) is 1. The van der Waals surface area contributed by atoms with E-state index in [9.17, 15) is 8.78 Å². The number of hydrogen-bond acceptors (Lipinski definition) is 1. The zero-order valence-corrected chi connectivity index (χ0v) is 5.56. The predicted molar refractivity (Wildman–Crippen MR) is 34.8 cm³/mol. The molecule has 1 aliphatic rings. The molecule has 1 nitrogen and oxygen atoms in total. The van der Waals surface area contributed by atoms with Gasteiger partial charge in [-0.05, 0) is 0 Å². The summed E-state index contributed by atoms with van der Waals surface area (Å²) >= 11 is 0. The van der Waals surface area contributed by atoms with Crippen LogP contribution in [-0.4, -0.2) is 31.0 Å². The summed E-state index contributed by atoms with van der Waals surface area (Å²) in [6.45, 7) is 1.15. The Balaban J connectivity index is 2.10. The third-order valence-electron chi connectivity index (χ3n) is 1.59. The standard InChI is InChI=1S/C7H9F2N/c1-2-6-3-10(4-6)5-7(8)9/h1,6-7H,3-5H2. The maximum atomic E-state index is 11.6. The van der Waals surface area contributed by atoms with Gasteiger partial charge < -0.3 is 0 Å². The molecule has 0 aliphatic carbocycles. The number of halogens is 2. The molecular formula is C7H9F2N. The monoisotopic (exact) mass is 145 g/mol. The lowest BCUT2D eigenvalue weighted by atomic mass is 10.0. The Bertz CT molecular complexity index is 144. The maximum Gasteiger partial charge on any atom is 0.251 e. The highest BCUT2D eigenvalue weighted by atomic mass is 19.3. The highest BCUT2D eigenvalue weighted by Gasteiger charge is 2.26. The van der Waals surface area contributed by atoms with Gasteiger partial charge >= 0.3 is 0 Å². The molecule has 0 atom stereocenters. The molecule has 1 fully saturated rings. The smallest absolute Gasteiger partial charge is 0.251 e. The Labute approximate surface area is 59.0 Å². The van der Waals surface area contributed by atoms with E-state index in [1.807, 2.05) is 0 Å². The van der Waals surface area contributed by atoms with Crippen LogP contribution in [0, 0.1) is 18.3 Å². The third-order valence-corrected chi connectivity index (χ3v) is 1.59. The van der Waals surface area contributed by atoms with Gasteiger partial charge in [-0.3, -0.25) is 4.90 Å². The van der Waals surface area contributed by atoms with Crippen LogP contribution in [0.25, 0.3) is 0 Å². The predicted octanol–water partition coefficient (Wildman–Crippen LogP) is 0.817. The van der Waals surface area contributed by atoms with Crippen molar-refractivity contribution >= 4 is 0 Å². The second-order valence-corrected chi connectivity index (χ2v) is 2.47. The fraction of sp³-hybridized carbons (Fsp3) is 0.714. The van der Waals surface area contributed by atoms with Gasteiger partial charge in [0.25, 0.3) is 6.43 Å². The van der Waals surface area contributed by atoms with Crippen LogP contribution in [0.2, 0.25) is 0 Å². The summed E-state index contributed by atoms with van der Waals surface area (Å²) in [5.74, 6) is 2.73. The van der Waals surface area contributed by atoms with E-state index in [0.717, 1.165) is 0 Å². The molecule has 0 spiro atoms. The number of hydrogen-bond donors (Lipinski definition) is 0. The quantitative estimate of drug-likeness (QED) is 0.520. The Kier molecular flexibility index (Phi) is 2.23. The minimum Gasteiger partial charge on any atom is -0.295 e. The number of rotatable bonds is 2. The highest BCUT2D eigenvalue weighted by molar-refractivity contribution is 5.01. The van der Waals surface area contributed by atoms with Crippen LogP contribution in [0.1, 0.15) is 0 Å². The van der Waals surface area contributed by atoms with E-state index in [4.69, 9.17) is 6.42 Å². The lowest BCUT2D eigenvalue weighted by Gasteiger charge is -2.35. The number of nitrogens with zero attached hydrogens (tertiary/aromatic N) is 1. The Morgan fingerprint density at radius 1 is 1.60 bits per heavy atom. The summed E-state index contributed by atoms with van der Waals surface area (Å²) in [5.41, 5.74) is 0. The first-order chi connectivity index (χ1) is 4.72. The van der Waals surface area contributed by atoms with Crippen molar-refractivity contribution in [2.45, 2.75) is 6.43 Å². The van der Waals surface area contributed by atoms with E-state index in [1.165, 1.54) is 0 Å². The van der Waals surface area contributed by atoms with Crippen LogP contribution in [0.5, 0.6) is 0 Å². The number of terminal acetylenes is 1. The highest BCUT2D eigenvalue weighted by Crippen LogP contribution is 2.14.